The first-order valence-corrected chi connectivity index (χ1v) is 9.74. The molecule has 0 saturated heterocycles. The molecule has 0 aliphatic rings. The zero-order valence-electron chi connectivity index (χ0n) is 14.9. The van der Waals surface area contributed by atoms with Gasteiger partial charge in [0.15, 0.2) is 0 Å². The smallest absolute Gasteiger partial charge is 0.264 e. The van der Waals surface area contributed by atoms with E-state index in [2.05, 4.69) is 15.4 Å². The molecular weight excluding hydrogens is 406 g/mol. The second-order valence-corrected chi connectivity index (χ2v) is 7.95. The van der Waals surface area contributed by atoms with Crippen LogP contribution in [0.15, 0.2) is 60.0 Å². The van der Waals surface area contributed by atoms with Crippen LogP contribution in [0.5, 0.6) is 0 Å². The van der Waals surface area contributed by atoms with E-state index in [0.29, 0.717) is 16.4 Å². The highest BCUT2D eigenvalue weighted by atomic mass is 35.5. The van der Waals surface area contributed by atoms with E-state index in [-0.39, 0.29) is 10.5 Å². The highest BCUT2D eigenvalue weighted by Crippen LogP contribution is 2.25. The number of nitrogens with one attached hydrogen (secondary N) is 1. The molecule has 0 radical (unpaired) electrons. The number of anilines is 1. The third kappa shape index (κ3) is 4.04. The molecule has 0 unspecified atom stereocenters. The Hall–Kier alpha value is -2.79. The molecule has 3 rings (SSSR count). The molecule has 0 bridgehead atoms. The lowest BCUT2D eigenvalue weighted by atomic mass is 10.2. The van der Waals surface area contributed by atoms with Crippen LogP contribution in [-0.2, 0) is 14.9 Å². The maximum Gasteiger partial charge on any atom is 0.264 e. The van der Waals surface area contributed by atoms with Gasteiger partial charge in [-0.05, 0) is 42.5 Å². The van der Waals surface area contributed by atoms with Crippen LogP contribution in [0.3, 0.4) is 0 Å². The molecule has 0 saturated carbocycles. The summed E-state index contributed by atoms with van der Waals surface area (Å²) in [6, 6.07) is 10.4. The Morgan fingerprint density at radius 3 is 2.54 bits per heavy atom. The minimum absolute atomic E-state index is 0.000500. The summed E-state index contributed by atoms with van der Waals surface area (Å²) in [6.45, 7) is 0. The zero-order valence-corrected chi connectivity index (χ0v) is 16.5. The van der Waals surface area contributed by atoms with Crippen molar-refractivity contribution in [3.63, 3.8) is 0 Å². The van der Waals surface area contributed by atoms with Gasteiger partial charge in [-0.1, -0.05) is 16.1 Å². The van der Waals surface area contributed by atoms with Gasteiger partial charge >= 0.3 is 0 Å². The van der Waals surface area contributed by atoms with E-state index in [1.807, 2.05) is 0 Å². The van der Waals surface area contributed by atoms with Crippen LogP contribution in [0.4, 0.5) is 5.69 Å². The zero-order chi connectivity index (χ0) is 20.3. The van der Waals surface area contributed by atoms with Crippen molar-refractivity contribution in [3.8, 4) is 5.69 Å². The summed E-state index contributed by atoms with van der Waals surface area (Å²) in [5.41, 5.74) is 1.28. The van der Waals surface area contributed by atoms with Gasteiger partial charge in [0.1, 0.15) is 12.7 Å². The lowest BCUT2D eigenvalue weighted by molar-refractivity contribution is -0.0258. The van der Waals surface area contributed by atoms with Crippen molar-refractivity contribution in [1.82, 2.24) is 19.2 Å². The number of carbonyl (C=O) groups excluding carboxylic acids is 1. The van der Waals surface area contributed by atoms with E-state index in [9.17, 15) is 13.2 Å². The van der Waals surface area contributed by atoms with Gasteiger partial charge in [-0.3, -0.25) is 9.63 Å². The Bertz CT molecular complexity index is 1090. The number of carbonyl (C=O) groups is 1. The summed E-state index contributed by atoms with van der Waals surface area (Å²) >= 11 is 6.04. The topological polar surface area (TPSA) is 106 Å². The molecule has 0 aliphatic carbocycles. The van der Waals surface area contributed by atoms with Gasteiger partial charge in [-0.15, -0.1) is 0 Å². The fourth-order valence-corrected chi connectivity index (χ4v) is 3.51. The lowest BCUT2D eigenvalue weighted by Crippen LogP contribution is -2.25. The molecule has 1 N–H and O–H groups in total. The van der Waals surface area contributed by atoms with Crippen LogP contribution in [0.1, 0.15) is 10.4 Å². The maximum atomic E-state index is 12.6. The SMILES string of the molecule is CON(C)S(=O)(=O)c1ccc(C(=O)Nc2cc(Cl)ccc2-n2cncn2)cc1. The Morgan fingerprint density at radius 2 is 1.93 bits per heavy atom. The fraction of sp³-hybridized carbons (Fsp3) is 0.118. The number of benzene rings is 2. The van der Waals surface area contributed by atoms with Gasteiger partial charge in [0, 0.05) is 17.6 Å². The molecule has 1 heterocycles. The average molecular weight is 422 g/mol. The van der Waals surface area contributed by atoms with E-state index in [4.69, 9.17) is 16.4 Å². The van der Waals surface area contributed by atoms with E-state index < -0.39 is 15.9 Å². The monoisotopic (exact) mass is 421 g/mol. The summed E-state index contributed by atoms with van der Waals surface area (Å²) < 4.78 is 26.7. The van der Waals surface area contributed by atoms with E-state index >= 15 is 0 Å². The molecule has 1 aromatic heterocycles. The third-order valence-corrected chi connectivity index (χ3v) is 5.81. The summed E-state index contributed by atoms with van der Waals surface area (Å²) in [4.78, 5) is 21.2. The molecule has 146 valence electrons. The second-order valence-electron chi connectivity index (χ2n) is 5.58. The highest BCUT2D eigenvalue weighted by molar-refractivity contribution is 7.89. The van der Waals surface area contributed by atoms with Crippen molar-refractivity contribution in [3.05, 3.63) is 65.7 Å². The highest BCUT2D eigenvalue weighted by Gasteiger charge is 2.21. The molecule has 9 nitrogen and oxygen atoms in total. The molecule has 1 amide bonds. The molecule has 0 atom stereocenters. The van der Waals surface area contributed by atoms with Crippen LogP contribution in [0.2, 0.25) is 5.02 Å². The Balaban J connectivity index is 1.86. The van der Waals surface area contributed by atoms with Crippen LogP contribution in [0, 0.1) is 0 Å². The Kier molecular flexibility index (Phi) is 5.75. The van der Waals surface area contributed by atoms with Crippen molar-refractivity contribution in [2.24, 2.45) is 0 Å². The van der Waals surface area contributed by atoms with Gasteiger partial charge in [-0.2, -0.15) is 5.10 Å². The van der Waals surface area contributed by atoms with Gasteiger partial charge in [0.05, 0.1) is 23.4 Å². The average Bonchev–Trinajstić information content (AvgIpc) is 3.22. The summed E-state index contributed by atoms with van der Waals surface area (Å²) in [5.74, 6) is -0.437. The van der Waals surface area contributed by atoms with E-state index in [1.54, 1.807) is 18.2 Å². The Morgan fingerprint density at radius 1 is 1.21 bits per heavy atom. The predicted molar refractivity (Wildman–Crippen MR) is 103 cm³/mol. The summed E-state index contributed by atoms with van der Waals surface area (Å²) in [5, 5.41) is 7.23. The molecule has 2 aromatic carbocycles. The molecule has 0 aliphatic heterocycles. The van der Waals surface area contributed by atoms with Crippen molar-refractivity contribution >= 4 is 33.2 Å². The number of nitrogens with zero attached hydrogens (tertiary/aromatic N) is 4. The van der Waals surface area contributed by atoms with Gasteiger partial charge < -0.3 is 5.32 Å². The number of rotatable bonds is 6. The fourth-order valence-electron chi connectivity index (χ4n) is 2.36. The molecule has 11 heteroatoms. The maximum absolute atomic E-state index is 12.6. The number of hydroxylamine groups is 1. The van der Waals surface area contributed by atoms with Crippen LogP contribution in [0.25, 0.3) is 5.69 Å². The van der Waals surface area contributed by atoms with E-state index in [1.165, 1.54) is 55.8 Å². The molecular formula is C17H16ClN5O4S. The normalized spacial score (nSPS) is 11.6. The van der Waals surface area contributed by atoms with Crippen molar-refractivity contribution in [1.29, 1.82) is 0 Å². The number of aromatic nitrogens is 3. The second kappa shape index (κ2) is 8.07. The summed E-state index contributed by atoms with van der Waals surface area (Å²) in [7, 11) is -1.26. The lowest BCUT2D eigenvalue weighted by Gasteiger charge is -2.14. The number of amides is 1. The first-order chi connectivity index (χ1) is 13.3. The molecule has 3 aromatic rings. The largest absolute Gasteiger partial charge is 0.320 e. The third-order valence-electron chi connectivity index (χ3n) is 3.88. The number of halogens is 1. The quantitative estimate of drug-likeness (QED) is 0.612. The van der Waals surface area contributed by atoms with E-state index in [0.717, 1.165) is 4.47 Å². The number of hydrogen-bond acceptors (Lipinski definition) is 6. The minimum atomic E-state index is -3.79. The van der Waals surface area contributed by atoms with Gasteiger partial charge in [0.2, 0.25) is 0 Å². The minimum Gasteiger partial charge on any atom is -0.320 e. The Labute approximate surface area is 166 Å². The van der Waals surface area contributed by atoms with Crippen LogP contribution < -0.4 is 5.32 Å². The first-order valence-electron chi connectivity index (χ1n) is 7.92. The predicted octanol–water partition coefficient (Wildman–Crippen LogP) is 2.35. The van der Waals surface area contributed by atoms with Crippen molar-refractivity contribution < 1.29 is 18.0 Å². The molecule has 0 spiro atoms. The van der Waals surface area contributed by atoms with Gasteiger partial charge in [-0.25, -0.2) is 18.1 Å². The number of sulfonamides is 1. The summed E-state index contributed by atoms with van der Waals surface area (Å²) in [6.07, 6.45) is 2.86. The van der Waals surface area contributed by atoms with Crippen LogP contribution in [-0.4, -0.2) is 47.7 Å². The van der Waals surface area contributed by atoms with Crippen LogP contribution >= 0.6 is 11.6 Å². The standard InChI is InChI=1S/C17H16ClN5O4S/c1-22(27-2)28(25,26)14-6-3-12(4-7-14)17(24)21-15-9-13(18)5-8-16(15)23-11-19-10-20-23/h3-11H,1-2H3,(H,21,24). The molecule has 0 fully saturated rings. The molecule has 28 heavy (non-hydrogen) atoms. The first kappa shape index (κ1) is 20.0. The van der Waals surface area contributed by atoms with Crippen molar-refractivity contribution in [2.45, 2.75) is 4.90 Å². The van der Waals surface area contributed by atoms with Crippen molar-refractivity contribution in [2.75, 3.05) is 19.5 Å². The number of hydrogen-bond donors (Lipinski definition) is 1. The van der Waals surface area contributed by atoms with Gasteiger partial charge in [0.25, 0.3) is 15.9 Å².